The smallest absolute Gasteiger partial charge is 0.186 e. The lowest BCUT2D eigenvalue weighted by Gasteiger charge is -2.43. The van der Waals surface area contributed by atoms with Crippen molar-refractivity contribution in [3.8, 4) is 0 Å². The van der Waals surface area contributed by atoms with Crippen molar-refractivity contribution >= 4 is 9.84 Å². The maximum Gasteiger partial charge on any atom is 0.186 e. The summed E-state index contributed by atoms with van der Waals surface area (Å²) in [5, 5.41) is -1.09. The molecule has 0 unspecified atom stereocenters. The van der Waals surface area contributed by atoms with Crippen LogP contribution in [-0.2, 0) is 53.3 Å². The van der Waals surface area contributed by atoms with Crippen LogP contribution < -0.4 is 0 Å². The molecule has 4 aromatic rings. The van der Waals surface area contributed by atoms with Crippen molar-refractivity contribution in [2.24, 2.45) is 0 Å². The van der Waals surface area contributed by atoms with Crippen molar-refractivity contribution in [1.29, 1.82) is 0 Å². The zero-order valence-corrected chi connectivity index (χ0v) is 24.8. The lowest BCUT2D eigenvalue weighted by molar-refractivity contribution is -0.145. The van der Waals surface area contributed by atoms with Crippen LogP contribution in [0.25, 0.3) is 0 Å². The van der Waals surface area contributed by atoms with Crippen LogP contribution in [0.1, 0.15) is 16.7 Å². The molecular weight excluding hydrogens is 564 g/mol. The molecule has 0 aromatic heterocycles. The van der Waals surface area contributed by atoms with Gasteiger partial charge in [0.1, 0.15) is 35.3 Å². The van der Waals surface area contributed by atoms with E-state index in [-0.39, 0.29) is 24.7 Å². The topological polar surface area (TPSA) is 80.3 Å². The van der Waals surface area contributed by atoms with Crippen LogP contribution in [-0.4, -0.2) is 57.4 Å². The molecule has 2 fully saturated rings. The van der Waals surface area contributed by atoms with Crippen LogP contribution in [0.4, 0.5) is 0 Å². The van der Waals surface area contributed by atoms with Gasteiger partial charge in [0, 0.05) is 7.11 Å². The van der Waals surface area contributed by atoms with E-state index in [4.69, 9.17) is 23.7 Å². The number of ether oxygens (including phenoxy) is 5. The van der Waals surface area contributed by atoms with Crippen molar-refractivity contribution in [1.82, 2.24) is 0 Å². The van der Waals surface area contributed by atoms with Crippen LogP contribution in [0, 0.1) is 0 Å². The zero-order valence-electron chi connectivity index (χ0n) is 24.0. The van der Waals surface area contributed by atoms with Gasteiger partial charge in [-0.15, -0.1) is 0 Å². The third kappa shape index (κ3) is 6.04. The minimum Gasteiger partial charge on any atom is -0.377 e. The van der Waals surface area contributed by atoms with E-state index in [0.717, 1.165) is 16.7 Å². The summed E-state index contributed by atoms with van der Waals surface area (Å²) in [6.45, 7) is 0.819. The molecule has 2 aliphatic heterocycles. The summed E-state index contributed by atoms with van der Waals surface area (Å²) in [6.07, 6.45) is -2.86. The minimum absolute atomic E-state index is 0.0281. The summed E-state index contributed by atoms with van der Waals surface area (Å²) >= 11 is 0. The first kappa shape index (κ1) is 29.7. The molecule has 0 aliphatic carbocycles. The summed E-state index contributed by atoms with van der Waals surface area (Å²) in [7, 11) is -2.43. The molecule has 2 heterocycles. The van der Waals surface area contributed by atoms with E-state index in [1.807, 2.05) is 91.0 Å². The number of hydrogen-bond donors (Lipinski definition) is 0. The van der Waals surface area contributed by atoms with Crippen molar-refractivity contribution in [2.45, 2.75) is 60.0 Å². The van der Waals surface area contributed by atoms with Crippen molar-refractivity contribution in [3.05, 3.63) is 138 Å². The fraction of sp³-hybridized carbons (Fsp3) is 0.314. The standard InChI is InChI=1S/C35H36O7S/c1-38-32-30-31(40-23-27-16-8-3-9-17-27)33(41-24-28-18-10-4-11-19-28)35(42-30,25-39-22-26-14-6-2-7-15-26)34(32)43(36,37)29-20-12-5-13-21-29/h2-21,30-34H,22-25H2,1H3/t30-,31+,32-,33+,34+,35+/m1/s1. The molecule has 6 atom stereocenters. The molecule has 6 rings (SSSR count). The quantitative estimate of drug-likeness (QED) is 0.204. The number of sulfone groups is 1. The summed E-state index contributed by atoms with van der Waals surface area (Å²) in [5.74, 6) is 0. The lowest BCUT2D eigenvalue weighted by atomic mass is 9.81. The minimum atomic E-state index is -3.96. The molecule has 2 bridgehead atoms. The summed E-state index contributed by atoms with van der Waals surface area (Å²) < 4.78 is 61.0. The summed E-state index contributed by atoms with van der Waals surface area (Å²) in [6, 6.07) is 37.8. The second-order valence-electron chi connectivity index (χ2n) is 11.0. The molecule has 4 aromatic carbocycles. The highest BCUT2D eigenvalue weighted by molar-refractivity contribution is 7.92. The second-order valence-corrected chi connectivity index (χ2v) is 13.0. The van der Waals surface area contributed by atoms with E-state index in [2.05, 4.69) is 0 Å². The van der Waals surface area contributed by atoms with Gasteiger partial charge in [-0.1, -0.05) is 109 Å². The summed E-state index contributed by atoms with van der Waals surface area (Å²) in [4.78, 5) is 0.198. The molecule has 43 heavy (non-hydrogen) atoms. The van der Waals surface area contributed by atoms with E-state index in [1.165, 1.54) is 7.11 Å². The van der Waals surface area contributed by atoms with Gasteiger partial charge in [-0.3, -0.25) is 0 Å². The van der Waals surface area contributed by atoms with E-state index < -0.39 is 45.1 Å². The fourth-order valence-electron chi connectivity index (χ4n) is 6.27. The van der Waals surface area contributed by atoms with Crippen LogP contribution in [0.3, 0.4) is 0 Å². The van der Waals surface area contributed by atoms with Crippen LogP contribution in [0.15, 0.2) is 126 Å². The van der Waals surface area contributed by atoms with E-state index in [1.54, 1.807) is 30.3 Å². The molecule has 0 saturated carbocycles. The Hall–Kier alpha value is -3.37. The van der Waals surface area contributed by atoms with E-state index in [0.29, 0.717) is 6.61 Å². The van der Waals surface area contributed by atoms with Gasteiger partial charge in [-0.25, -0.2) is 8.42 Å². The molecular formula is C35H36O7S. The lowest BCUT2D eigenvalue weighted by Crippen LogP contribution is -2.65. The molecule has 224 valence electrons. The largest absolute Gasteiger partial charge is 0.377 e. The van der Waals surface area contributed by atoms with E-state index >= 15 is 0 Å². The molecule has 8 heteroatoms. The predicted octanol–water partition coefficient (Wildman–Crippen LogP) is 5.38. The highest BCUT2D eigenvalue weighted by Crippen LogP contribution is 2.52. The van der Waals surface area contributed by atoms with Gasteiger partial charge in [-0.05, 0) is 28.8 Å². The van der Waals surface area contributed by atoms with Crippen molar-refractivity contribution in [3.63, 3.8) is 0 Å². The van der Waals surface area contributed by atoms with Gasteiger partial charge < -0.3 is 23.7 Å². The first-order chi connectivity index (χ1) is 21.0. The predicted molar refractivity (Wildman–Crippen MR) is 162 cm³/mol. The second kappa shape index (κ2) is 13.1. The average molecular weight is 601 g/mol. The van der Waals surface area contributed by atoms with Gasteiger partial charge in [0.2, 0.25) is 0 Å². The van der Waals surface area contributed by atoms with E-state index in [9.17, 15) is 8.42 Å². The monoisotopic (exact) mass is 600 g/mol. The van der Waals surface area contributed by atoms with Crippen LogP contribution >= 0.6 is 0 Å². The Morgan fingerprint density at radius 1 is 0.651 bits per heavy atom. The molecule has 2 saturated heterocycles. The van der Waals surface area contributed by atoms with Gasteiger partial charge in [0.05, 0.1) is 31.3 Å². The Morgan fingerprint density at radius 2 is 1.14 bits per heavy atom. The first-order valence-corrected chi connectivity index (χ1v) is 16.0. The fourth-order valence-corrected chi connectivity index (χ4v) is 8.50. The summed E-state index contributed by atoms with van der Waals surface area (Å²) in [5.41, 5.74) is 1.52. The van der Waals surface area contributed by atoms with Gasteiger partial charge in [0.15, 0.2) is 9.84 Å². The van der Waals surface area contributed by atoms with Crippen LogP contribution in [0.2, 0.25) is 0 Å². The molecule has 0 amide bonds. The van der Waals surface area contributed by atoms with Gasteiger partial charge in [0.25, 0.3) is 0 Å². The molecule has 2 aliphatic rings. The highest BCUT2D eigenvalue weighted by atomic mass is 32.2. The molecule has 0 radical (unpaired) electrons. The zero-order chi connectivity index (χ0) is 29.7. The maximum absolute atomic E-state index is 14.4. The maximum atomic E-state index is 14.4. The molecule has 7 nitrogen and oxygen atoms in total. The Kier molecular flexibility index (Phi) is 9.04. The Bertz CT molecular complexity index is 1550. The Balaban J connectivity index is 1.39. The highest BCUT2D eigenvalue weighted by Gasteiger charge is 2.74. The Labute approximate surface area is 253 Å². The van der Waals surface area contributed by atoms with Crippen molar-refractivity contribution in [2.75, 3.05) is 13.7 Å². The third-order valence-electron chi connectivity index (χ3n) is 8.24. The first-order valence-electron chi connectivity index (χ1n) is 14.5. The SMILES string of the molecule is CO[C@@H]1[C@@H]2O[C@@](COCc3ccccc3)([C@@H](OCc3ccccc3)[C@H]2OCc2ccccc2)[C@H]1S(=O)(=O)c1ccccc1. The Morgan fingerprint density at radius 3 is 1.67 bits per heavy atom. The number of methoxy groups -OCH3 is 1. The van der Waals surface area contributed by atoms with Gasteiger partial charge in [-0.2, -0.15) is 0 Å². The number of benzene rings is 4. The molecule has 0 N–H and O–H groups in total. The van der Waals surface area contributed by atoms with Gasteiger partial charge >= 0.3 is 0 Å². The average Bonchev–Trinajstić information content (AvgIpc) is 3.55. The normalized spacial score (nSPS) is 26.5. The number of hydrogen-bond acceptors (Lipinski definition) is 7. The number of fused-ring (bicyclic) bond motifs is 2. The van der Waals surface area contributed by atoms with Crippen LogP contribution in [0.5, 0.6) is 0 Å². The third-order valence-corrected chi connectivity index (χ3v) is 10.5. The molecule has 0 spiro atoms. The number of rotatable bonds is 13. The van der Waals surface area contributed by atoms with Crippen molar-refractivity contribution < 1.29 is 32.1 Å².